The van der Waals surface area contributed by atoms with Crippen molar-refractivity contribution in [2.45, 2.75) is 24.2 Å². The lowest BCUT2D eigenvalue weighted by Crippen LogP contribution is -2.35. The molecule has 112 valence electrons. The van der Waals surface area contributed by atoms with Crippen LogP contribution in [0.4, 0.5) is 0 Å². The molecule has 1 aliphatic heterocycles. The number of piperidine rings is 1. The molecule has 1 aromatic carbocycles. The molecule has 1 aromatic heterocycles. The van der Waals surface area contributed by atoms with Gasteiger partial charge in [0.2, 0.25) is 15.9 Å². The molecular formula is C13H15N3O3S2. The fourth-order valence-corrected chi connectivity index (χ4v) is 4.09. The first-order valence-electron chi connectivity index (χ1n) is 6.73. The smallest absolute Gasteiger partial charge is 0.284 e. The van der Waals surface area contributed by atoms with Crippen LogP contribution in [0.2, 0.25) is 0 Å². The van der Waals surface area contributed by atoms with Crippen LogP contribution in [0.25, 0.3) is 11.5 Å². The number of hydrogen-bond donors (Lipinski definition) is 1. The van der Waals surface area contributed by atoms with Gasteiger partial charge in [-0.15, -0.1) is 5.10 Å². The molecule has 1 N–H and O–H groups in total. The molecule has 2 aromatic rings. The summed E-state index contributed by atoms with van der Waals surface area (Å²) >= 11 is 4.83. The fraction of sp³-hybridized carbons (Fsp3) is 0.385. The highest BCUT2D eigenvalue weighted by Crippen LogP contribution is 2.24. The maximum atomic E-state index is 12.6. The van der Waals surface area contributed by atoms with Gasteiger partial charge in [0.15, 0.2) is 0 Å². The van der Waals surface area contributed by atoms with Crippen LogP contribution in [-0.4, -0.2) is 36.0 Å². The zero-order valence-corrected chi connectivity index (χ0v) is 12.9. The maximum Gasteiger partial charge on any atom is 0.284 e. The molecule has 8 heteroatoms. The molecule has 0 saturated carbocycles. The molecule has 0 amide bonds. The Bertz CT molecular complexity index is 789. The SMILES string of the molecule is O=S(=O)(c1cccc(-c2n[nH]c(=S)o2)c1)N1CCCCC1. The normalized spacial score (nSPS) is 17.0. The second-order valence-corrected chi connectivity index (χ2v) is 7.22. The summed E-state index contributed by atoms with van der Waals surface area (Å²) in [6.45, 7) is 1.16. The fourth-order valence-electron chi connectivity index (χ4n) is 2.40. The van der Waals surface area contributed by atoms with Crippen molar-refractivity contribution in [3.63, 3.8) is 0 Å². The van der Waals surface area contributed by atoms with Crippen molar-refractivity contribution >= 4 is 22.2 Å². The Balaban J connectivity index is 1.97. The molecule has 0 atom stereocenters. The summed E-state index contributed by atoms with van der Waals surface area (Å²) in [5.74, 6) is 0.288. The Morgan fingerprint density at radius 1 is 1.24 bits per heavy atom. The molecule has 0 aliphatic carbocycles. The largest absolute Gasteiger partial charge is 0.409 e. The van der Waals surface area contributed by atoms with E-state index < -0.39 is 10.0 Å². The number of sulfonamides is 1. The summed E-state index contributed by atoms with van der Waals surface area (Å²) in [6.07, 6.45) is 2.90. The van der Waals surface area contributed by atoms with E-state index in [2.05, 4.69) is 10.2 Å². The van der Waals surface area contributed by atoms with Crippen molar-refractivity contribution in [2.75, 3.05) is 13.1 Å². The van der Waals surface area contributed by atoms with Crippen LogP contribution in [-0.2, 0) is 10.0 Å². The summed E-state index contributed by atoms with van der Waals surface area (Å²) < 4.78 is 32.0. The van der Waals surface area contributed by atoms with Crippen molar-refractivity contribution in [1.82, 2.24) is 14.5 Å². The monoisotopic (exact) mass is 325 g/mol. The van der Waals surface area contributed by atoms with E-state index in [1.54, 1.807) is 24.3 Å². The predicted octanol–water partition coefficient (Wildman–Crippen LogP) is 2.57. The summed E-state index contributed by atoms with van der Waals surface area (Å²) in [4.78, 5) is 0.417. The molecule has 1 saturated heterocycles. The number of aromatic amines is 1. The third-order valence-electron chi connectivity index (χ3n) is 3.47. The molecule has 3 rings (SSSR count). The van der Waals surface area contributed by atoms with Gasteiger partial charge in [-0.05, 0) is 43.3 Å². The first kappa shape index (κ1) is 14.4. The number of benzene rings is 1. The van der Waals surface area contributed by atoms with E-state index in [4.69, 9.17) is 16.6 Å². The lowest BCUT2D eigenvalue weighted by Gasteiger charge is -2.25. The molecule has 6 nitrogen and oxygen atoms in total. The molecule has 1 fully saturated rings. The first-order chi connectivity index (χ1) is 10.1. The maximum absolute atomic E-state index is 12.6. The Labute approximate surface area is 127 Å². The average molecular weight is 325 g/mol. The second kappa shape index (κ2) is 5.70. The molecular weight excluding hydrogens is 310 g/mol. The van der Waals surface area contributed by atoms with Gasteiger partial charge in [0.1, 0.15) is 0 Å². The van der Waals surface area contributed by atoms with Crippen molar-refractivity contribution in [2.24, 2.45) is 0 Å². The Morgan fingerprint density at radius 2 is 2.00 bits per heavy atom. The molecule has 0 radical (unpaired) electrons. The van der Waals surface area contributed by atoms with E-state index in [1.807, 2.05) is 0 Å². The summed E-state index contributed by atoms with van der Waals surface area (Å²) in [6, 6.07) is 6.58. The van der Waals surface area contributed by atoms with E-state index in [0.29, 0.717) is 18.7 Å². The van der Waals surface area contributed by atoms with E-state index in [1.165, 1.54) is 4.31 Å². The van der Waals surface area contributed by atoms with E-state index in [0.717, 1.165) is 19.3 Å². The third kappa shape index (κ3) is 2.92. The number of H-pyrrole nitrogens is 1. The molecule has 1 aliphatic rings. The minimum atomic E-state index is -3.46. The zero-order valence-electron chi connectivity index (χ0n) is 11.3. The minimum Gasteiger partial charge on any atom is -0.409 e. The Hall–Kier alpha value is -1.51. The van der Waals surface area contributed by atoms with E-state index in [-0.39, 0.29) is 15.6 Å². The first-order valence-corrected chi connectivity index (χ1v) is 8.58. The highest BCUT2D eigenvalue weighted by atomic mass is 32.2. The van der Waals surface area contributed by atoms with Gasteiger partial charge in [-0.25, -0.2) is 13.5 Å². The number of nitrogens with zero attached hydrogens (tertiary/aromatic N) is 2. The topological polar surface area (TPSA) is 79.2 Å². The summed E-state index contributed by atoms with van der Waals surface area (Å²) in [5.41, 5.74) is 0.584. The number of nitrogens with one attached hydrogen (secondary N) is 1. The number of hydrogen-bond acceptors (Lipinski definition) is 5. The lowest BCUT2D eigenvalue weighted by atomic mass is 10.2. The molecule has 0 bridgehead atoms. The van der Waals surface area contributed by atoms with E-state index in [9.17, 15) is 8.42 Å². The van der Waals surface area contributed by atoms with Crippen LogP contribution >= 0.6 is 12.2 Å². The number of rotatable bonds is 3. The van der Waals surface area contributed by atoms with Gasteiger partial charge in [-0.3, -0.25) is 0 Å². The molecule has 0 unspecified atom stereocenters. The predicted molar refractivity (Wildman–Crippen MR) is 79.7 cm³/mol. The van der Waals surface area contributed by atoms with Gasteiger partial charge >= 0.3 is 0 Å². The van der Waals surface area contributed by atoms with Crippen LogP contribution in [0.1, 0.15) is 19.3 Å². The van der Waals surface area contributed by atoms with Crippen molar-refractivity contribution in [3.8, 4) is 11.5 Å². The lowest BCUT2D eigenvalue weighted by molar-refractivity contribution is 0.346. The van der Waals surface area contributed by atoms with Crippen LogP contribution < -0.4 is 0 Å². The zero-order chi connectivity index (χ0) is 14.9. The average Bonchev–Trinajstić information content (AvgIpc) is 2.95. The summed E-state index contributed by atoms with van der Waals surface area (Å²) in [5, 5.41) is 6.44. The Morgan fingerprint density at radius 3 is 2.67 bits per heavy atom. The van der Waals surface area contributed by atoms with Crippen molar-refractivity contribution in [3.05, 3.63) is 29.1 Å². The number of aromatic nitrogens is 2. The summed E-state index contributed by atoms with van der Waals surface area (Å²) in [7, 11) is -3.46. The standard InChI is InChI=1S/C13H15N3O3S2/c17-21(18,16-7-2-1-3-8-16)11-6-4-5-10(9-11)12-14-15-13(20)19-12/h4-6,9H,1-3,7-8H2,(H,15,20). The highest BCUT2D eigenvalue weighted by molar-refractivity contribution is 7.89. The van der Waals surface area contributed by atoms with Gasteiger partial charge < -0.3 is 4.42 Å². The van der Waals surface area contributed by atoms with E-state index >= 15 is 0 Å². The van der Waals surface area contributed by atoms with Gasteiger partial charge in [0, 0.05) is 18.7 Å². The van der Waals surface area contributed by atoms with Crippen molar-refractivity contribution in [1.29, 1.82) is 0 Å². The molecule has 0 spiro atoms. The van der Waals surface area contributed by atoms with Gasteiger partial charge in [0.05, 0.1) is 4.90 Å². The minimum absolute atomic E-state index is 0.161. The quantitative estimate of drug-likeness (QED) is 0.877. The van der Waals surface area contributed by atoms with Gasteiger partial charge in [-0.2, -0.15) is 4.31 Å². The third-order valence-corrected chi connectivity index (χ3v) is 5.54. The molecule has 21 heavy (non-hydrogen) atoms. The molecule has 2 heterocycles. The van der Waals surface area contributed by atoms with Crippen LogP contribution in [0.3, 0.4) is 0 Å². The second-order valence-electron chi connectivity index (χ2n) is 4.91. The Kier molecular flexibility index (Phi) is 3.92. The van der Waals surface area contributed by atoms with Crippen LogP contribution in [0.15, 0.2) is 33.6 Å². The van der Waals surface area contributed by atoms with Gasteiger partial charge in [-0.1, -0.05) is 12.5 Å². The highest BCUT2D eigenvalue weighted by Gasteiger charge is 2.26. The van der Waals surface area contributed by atoms with Crippen molar-refractivity contribution < 1.29 is 12.8 Å². The van der Waals surface area contributed by atoms with Gasteiger partial charge in [0.25, 0.3) is 4.84 Å². The van der Waals surface area contributed by atoms with Crippen LogP contribution in [0.5, 0.6) is 0 Å². The van der Waals surface area contributed by atoms with Crippen LogP contribution in [0, 0.1) is 4.84 Å².